The van der Waals surface area contributed by atoms with Gasteiger partial charge < -0.3 is 10.1 Å². The van der Waals surface area contributed by atoms with Gasteiger partial charge in [0, 0.05) is 23.9 Å². The molecule has 0 spiro atoms. The van der Waals surface area contributed by atoms with Crippen LogP contribution in [0.5, 0.6) is 0 Å². The van der Waals surface area contributed by atoms with Crippen LogP contribution in [0.3, 0.4) is 0 Å². The molecule has 3 heteroatoms. The van der Waals surface area contributed by atoms with Crippen molar-refractivity contribution in [3.63, 3.8) is 0 Å². The molecular weight excluding hydrogens is 198 g/mol. The molecule has 0 saturated heterocycles. The van der Waals surface area contributed by atoms with Crippen LogP contribution in [0.15, 0.2) is 18.2 Å². The molecule has 0 aliphatic carbocycles. The highest BCUT2D eigenvalue weighted by Crippen LogP contribution is 2.20. The summed E-state index contributed by atoms with van der Waals surface area (Å²) in [5, 5.41) is 4.09. The zero-order chi connectivity index (χ0) is 10.6. The molecule has 0 saturated carbocycles. The molecule has 0 aliphatic heterocycles. The second kappa shape index (κ2) is 5.23. The van der Waals surface area contributed by atoms with E-state index in [1.165, 1.54) is 5.56 Å². The number of methoxy groups -OCH3 is 1. The number of ether oxygens (including phenoxy) is 1. The maximum atomic E-state index is 5.91. The Hall–Kier alpha value is -0.730. The molecule has 0 fully saturated rings. The number of anilines is 1. The van der Waals surface area contributed by atoms with E-state index in [-0.39, 0.29) is 6.04 Å². The zero-order valence-corrected chi connectivity index (χ0v) is 9.56. The first-order valence-electron chi connectivity index (χ1n) is 4.65. The lowest BCUT2D eigenvalue weighted by molar-refractivity contribution is 0.190. The van der Waals surface area contributed by atoms with Crippen molar-refractivity contribution in [1.82, 2.24) is 0 Å². The van der Waals surface area contributed by atoms with E-state index in [1.807, 2.05) is 18.2 Å². The summed E-state index contributed by atoms with van der Waals surface area (Å²) < 4.78 is 5.05. The van der Waals surface area contributed by atoms with Crippen molar-refractivity contribution in [2.45, 2.75) is 19.9 Å². The lowest BCUT2D eigenvalue weighted by Crippen LogP contribution is -2.21. The van der Waals surface area contributed by atoms with Crippen molar-refractivity contribution in [3.8, 4) is 0 Å². The van der Waals surface area contributed by atoms with Gasteiger partial charge in [0.1, 0.15) is 0 Å². The Morgan fingerprint density at radius 3 is 2.86 bits per heavy atom. The Kier molecular flexibility index (Phi) is 4.23. The lowest BCUT2D eigenvalue weighted by atomic mass is 10.2. The summed E-state index contributed by atoms with van der Waals surface area (Å²) in [7, 11) is 1.70. The van der Waals surface area contributed by atoms with Gasteiger partial charge in [0.2, 0.25) is 0 Å². The topological polar surface area (TPSA) is 21.3 Å². The quantitative estimate of drug-likeness (QED) is 0.830. The Morgan fingerprint density at radius 2 is 2.21 bits per heavy atom. The van der Waals surface area contributed by atoms with Crippen molar-refractivity contribution in [2.24, 2.45) is 0 Å². The predicted molar refractivity (Wildman–Crippen MR) is 61.1 cm³/mol. The first kappa shape index (κ1) is 11.3. The van der Waals surface area contributed by atoms with E-state index < -0.39 is 0 Å². The third-order valence-corrected chi connectivity index (χ3v) is 2.25. The fourth-order valence-corrected chi connectivity index (χ4v) is 1.48. The van der Waals surface area contributed by atoms with Gasteiger partial charge in [-0.05, 0) is 31.5 Å². The van der Waals surface area contributed by atoms with Crippen LogP contribution >= 0.6 is 11.6 Å². The van der Waals surface area contributed by atoms with Crippen LogP contribution in [0.2, 0.25) is 5.02 Å². The van der Waals surface area contributed by atoms with Gasteiger partial charge in [0.15, 0.2) is 0 Å². The van der Waals surface area contributed by atoms with Crippen LogP contribution in [-0.4, -0.2) is 19.8 Å². The zero-order valence-electron chi connectivity index (χ0n) is 8.80. The molecule has 1 aromatic rings. The molecule has 78 valence electrons. The first-order chi connectivity index (χ1) is 6.63. The molecule has 0 aliphatic rings. The highest BCUT2D eigenvalue weighted by molar-refractivity contribution is 6.30. The summed E-state index contributed by atoms with van der Waals surface area (Å²) in [6, 6.07) is 6.12. The molecule has 0 unspecified atom stereocenters. The number of hydrogen-bond acceptors (Lipinski definition) is 2. The highest BCUT2D eigenvalue weighted by Gasteiger charge is 2.03. The van der Waals surface area contributed by atoms with Gasteiger partial charge in [-0.25, -0.2) is 0 Å². The van der Waals surface area contributed by atoms with Crippen molar-refractivity contribution in [3.05, 3.63) is 28.8 Å². The fraction of sp³-hybridized carbons (Fsp3) is 0.455. The molecule has 1 rings (SSSR count). The smallest absolute Gasteiger partial charge is 0.0661 e. The molecular formula is C11H16ClNO. The number of hydrogen-bond donors (Lipinski definition) is 1. The molecule has 0 aromatic heterocycles. The van der Waals surface area contributed by atoms with Gasteiger partial charge in [0.05, 0.1) is 6.61 Å². The number of rotatable bonds is 4. The van der Waals surface area contributed by atoms with Gasteiger partial charge in [0.25, 0.3) is 0 Å². The lowest BCUT2D eigenvalue weighted by Gasteiger charge is -2.16. The van der Waals surface area contributed by atoms with Gasteiger partial charge in [-0.2, -0.15) is 0 Å². The molecule has 2 nitrogen and oxygen atoms in total. The SMILES string of the molecule is COC[C@H](C)Nc1cc(Cl)ccc1C. The van der Waals surface area contributed by atoms with Gasteiger partial charge in [-0.15, -0.1) is 0 Å². The molecule has 1 atom stereocenters. The molecule has 14 heavy (non-hydrogen) atoms. The molecule has 0 radical (unpaired) electrons. The maximum absolute atomic E-state index is 5.91. The van der Waals surface area contributed by atoms with E-state index >= 15 is 0 Å². The molecule has 0 bridgehead atoms. The Morgan fingerprint density at radius 1 is 1.50 bits per heavy atom. The molecule has 1 aromatic carbocycles. The summed E-state index contributed by atoms with van der Waals surface area (Å²) in [6.45, 7) is 4.81. The number of benzene rings is 1. The normalized spacial score (nSPS) is 12.6. The van der Waals surface area contributed by atoms with Crippen LogP contribution < -0.4 is 5.32 Å². The predicted octanol–water partition coefficient (Wildman–Crippen LogP) is 3.10. The van der Waals surface area contributed by atoms with Gasteiger partial charge >= 0.3 is 0 Å². The van der Waals surface area contributed by atoms with Gasteiger partial charge in [-0.1, -0.05) is 17.7 Å². The Labute approximate surface area is 90.2 Å². The van der Waals surface area contributed by atoms with E-state index in [0.717, 1.165) is 10.7 Å². The number of halogens is 1. The minimum atomic E-state index is 0.289. The van der Waals surface area contributed by atoms with E-state index in [4.69, 9.17) is 16.3 Å². The largest absolute Gasteiger partial charge is 0.383 e. The Balaban J connectivity index is 2.70. The number of aryl methyl sites for hydroxylation is 1. The first-order valence-corrected chi connectivity index (χ1v) is 5.03. The third-order valence-electron chi connectivity index (χ3n) is 2.02. The highest BCUT2D eigenvalue weighted by atomic mass is 35.5. The summed E-state index contributed by atoms with van der Waals surface area (Å²) in [4.78, 5) is 0. The van der Waals surface area contributed by atoms with Crippen molar-refractivity contribution >= 4 is 17.3 Å². The average Bonchev–Trinajstić information content (AvgIpc) is 2.12. The second-order valence-electron chi connectivity index (χ2n) is 3.46. The standard InChI is InChI=1S/C11H16ClNO/c1-8-4-5-10(12)6-11(8)13-9(2)7-14-3/h4-6,9,13H,7H2,1-3H3/t9-/m0/s1. The van der Waals surface area contributed by atoms with E-state index in [1.54, 1.807) is 7.11 Å². The second-order valence-corrected chi connectivity index (χ2v) is 3.90. The third kappa shape index (κ3) is 3.20. The van der Waals surface area contributed by atoms with Crippen molar-refractivity contribution in [1.29, 1.82) is 0 Å². The summed E-state index contributed by atoms with van der Waals surface area (Å²) in [5.41, 5.74) is 2.26. The van der Waals surface area contributed by atoms with Gasteiger partial charge in [-0.3, -0.25) is 0 Å². The summed E-state index contributed by atoms with van der Waals surface area (Å²) in [6.07, 6.45) is 0. The van der Waals surface area contributed by atoms with E-state index in [0.29, 0.717) is 6.61 Å². The number of nitrogens with one attached hydrogen (secondary N) is 1. The molecule has 1 N–H and O–H groups in total. The monoisotopic (exact) mass is 213 g/mol. The van der Waals surface area contributed by atoms with E-state index in [2.05, 4.69) is 19.2 Å². The van der Waals surface area contributed by atoms with Crippen LogP contribution in [0.1, 0.15) is 12.5 Å². The van der Waals surface area contributed by atoms with E-state index in [9.17, 15) is 0 Å². The average molecular weight is 214 g/mol. The van der Waals surface area contributed by atoms with Crippen LogP contribution in [0.25, 0.3) is 0 Å². The van der Waals surface area contributed by atoms with Crippen molar-refractivity contribution in [2.75, 3.05) is 19.0 Å². The Bertz CT molecular complexity index is 301. The van der Waals surface area contributed by atoms with Crippen LogP contribution in [0.4, 0.5) is 5.69 Å². The van der Waals surface area contributed by atoms with Crippen LogP contribution in [0, 0.1) is 6.92 Å². The van der Waals surface area contributed by atoms with Crippen LogP contribution in [-0.2, 0) is 4.74 Å². The van der Waals surface area contributed by atoms with Crippen molar-refractivity contribution < 1.29 is 4.74 Å². The minimum Gasteiger partial charge on any atom is -0.383 e. The minimum absolute atomic E-state index is 0.289. The molecule has 0 heterocycles. The summed E-state index contributed by atoms with van der Waals surface area (Å²) in [5.74, 6) is 0. The maximum Gasteiger partial charge on any atom is 0.0661 e. The fourth-order valence-electron chi connectivity index (χ4n) is 1.31. The molecule has 0 amide bonds. The summed E-state index contributed by atoms with van der Waals surface area (Å²) >= 11 is 5.91.